The van der Waals surface area contributed by atoms with Crippen molar-refractivity contribution < 1.29 is 28.9 Å². The van der Waals surface area contributed by atoms with Crippen molar-refractivity contribution in [2.75, 3.05) is 27.4 Å². The van der Waals surface area contributed by atoms with Crippen LogP contribution < -0.4 is 5.32 Å². The van der Waals surface area contributed by atoms with Crippen molar-refractivity contribution in [3.8, 4) is 0 Å². The maximum atomic E-state index is 11.7. The second-order valence-corrected chi connectivity index (χ2v) is 4.09. The van der Waals surface area contributed by atoms with E-state index in [0.29, 0.717) is 26.0 Å². The fourth-order valence-corrected chi connectivity index (χ4v) is 1.74. The lowest BCUT2D eigenvalue weighted by atomic mass is 10.2. The number of amides is 1. The smallest absolute Gasteiger partial charge is 0.332 e. The number of carbonyl (C=O) groups excluding carboxylic acids is 1. The standard InChI is InChI=1S/C11H19NO6/c1-16-6-7(17-2)5-12-10(13)8-3-4-9(18-8)11(14)15/h7-9H,3-6H2,1-2H3,(H,12,13)(H,14,15)/t7?,8-,9+/m0/s1. The van der Waals surface area contributed by atoms with Gasteiger partial charge in [-0.3, -0.25) is 4.79 Å². The molecule has 0 aromatic carbocycles. The lowest BCUT2D eigenvalue weighted by Crippen LogP contribution is -2.41. The second kappa shape index (κ2) is 7.30. The zero-order chi connectivity index (χ0) is 13.5. The van der Waals surface area contributed by atoms with Crippen LogP contribution in [0.2, 0.25) is 0 Å². The van der Waals surface area contributed by atoms with Crippen LogP contribution >= 0.6 is 0 Å². The van der Waals surface area contributed by atoms with Gasteiger partial charge in [-0.15, -0.1) is 0 Å². The molecule has 0 bridgehead atoms. The van der Waals surface area contributed by atoms with E-state index in [4.69, 9.17) is 19.3 Å². The number of nitrogens with one attached hydrogen (secondary N) is 1. The number of methoxy groups -OCH3 is 2. The largest absolute Gasteiger partial charge is 0.479 e. The Bertz CT molecular complexity index is 295. The van der Waals surface area contributed by atoms with Gasteiger partial charge in [0.2, 0.25) is 5.91 Å². The van der Waals surface area contributed by atoms with Crippen LogP contribution in [0.5, 0.6) is 0 Å². The predicted molar refractivity (Wildman–Crippen MR) is 61.2 cm³/mol. The Morgan fingerprint density at radius 2 is 2.06 bits per heavy atom. The minimum Gasteiger partial charge on any atom is -0.479 e. The van der Waals surface area contributed by atoms with Crippen LogP contribution in [0.25, 0.3) is 0 Å². The highest BCUT2D eigenvalue weighted by Crippen LogP contribution is 2.19. The number of carbonyl (C=O) groups is 2. The number of carboxylic acid groups (broad SMARTS) is 1. The number of ether oxygens (including phenoxy) is 3. The number of aliphatic carboxylic acids is 1. The van der Waals surface area contributed by atoms with E-state index in [-0.39, 0.29) is 12.0 Å². The highest BCUT2D eigenvalue weighted by atomic mass is 16.5. The molecule has 7 nitrogen and oxygen atoms in total. The number of rotatable bonds is 7. The average Bonchev–Trinajstić information content (AvgIpc) is 2.83. The Hall–Kier alpha value is -1.18. The Labute approximate surface area is 105 Å². The van der Waals surface area contributed by atoms with Crippen molar-refractivity contribution in [1.82, 2.24) is 5.32 Å². The van der Waals surface area contributed by atoms with Crippen molar-refractivity contribution in [3.05, 3.63) is 0 Å². The summed E-state index contributed by atoms with van der Waals surface area (Å²) in [7, 11) is 3.08. The fourth-order valence-electron chi connectivity index (χ4n) is 1.74. The first-order chi connectivity index (χ1) is 8.58. The van der Waals surface area contributed by atoms with Gasteiger partial charge in [0.05, 0.1) is 12.7 Å². The molecule has 0 aliphatic carbocycles. The number of carboxylic acids is 1. The van der Waals surface area contributed by atoms with Crippen LogP contribution in [0, 0.1) is 0 Å². The molecule has 1 saturated heterocycles. The topological polar surface area (TPSA) is 94.1 Å². The number of hydrogen-bond donors (Lipinski definition) is 2. The molecule has 0 aromatic rings. The first-order valence-electron chi connectivity index (χ1n) is 5.76. The first kappa shape index (κ1) is 14.9. The molecule has 2 N–H and O–H groups in total. The molecule has 1 amide bonds. The SMILES string of the molecule is COCC(CNC(=O)[C@@H]1CC[C@H](C(=O)O)O1)OC. The molecular weight excluding hydrogens is 242 g/mol. The Morgan fingerprint density at radius 3 is 2.56 bits per heavy atom. The average molecular weight is 261 g/mol. The summed E-state index contributed by atoms with van der Waals surface area (Å²) < 4.78 is 15.1. The van der Waals surface area contributed by atoms with Gasteiger partial charge >= 0.3 is 5.97 Å². The van der Waals surface area contributed by atoms with E-state index in [1.54, 1.807) is 7.11 Å². The summed E-state index contributed by atoms with van der Waals surface area (Å²) in [5.41, 5.74) is 0. The summed E-state index contributed by atoms with van der Waals surface area (Å²) in [6.45, 7) is 0.681. The Kier molecular flexibility index (Phi) is 6.03. The summed E-state index contributed by atoms with van der Waals surface area (Å²) in [4.78, 5) is 22.4. The van der Waals surface area contributed by atoms with E-state index in [0.717, 1.165) is 0 Å². The van der Waals surface area contributed by atoms with Gasteiger partial charge in [-0.05, 0) is 12.8 Å². The maximum Gasteiger partial charge on any atom is 0.332 e. The van der Waals surface area contributed by atoms with Crippen LogP contribution in [0.15, 0.2) is 0 Å². The van der Waals surface area contributed by atoms with Gasteiger partial charge in [0.25, 0.3) is 0 Å². The highest BCUT2D eigenvalue weighted by molar-refractivity contribution is 5.82. The lowest BCUT2D eigenvalue weighted by molar-refractivity contribution is -0.151. The van der Waals surface area contributed by atoms with E-state index >= 15 is 0 Å². The lowest BCUT2D eigenvalue weighted by Gasteiger charge is -2.17. The molecule has 1 aliphatic rings. The number of hydrogen-bond acceptors (Lipinski definition) is 5. The molecule has 0 saturated carbocycles. The van der Waals surface area contributed by atoms with E-state index in [2.05, 4.69) is 5.32 Å². The second-order valence-electron chi connectivity index (χ2n) is 4.09. The van der Waals surface area contributed by atoms with Gasteiger partial charge in [0.15, 0.2) is 6.10 Å². The van der Waals surface area contributed by atoms with Crippen LogP contribution in [-0.2, 0) is 23.8 Å². The van der Waals surface area contributed by atoms with Gasteiger partial charge in [-0.1, -0.05) is 0 Å². The molecule has 1 aliphatic heterocycles. The van der Waals surface area contributed by atoms with Gasteiger partial charge in [0.1, 0.15) is 6.10 Å². The molecule has 104 valence electrons. The summed E-state index contributed by atoms with van der Waals surface area (Å²) in [6.07, 6.45) is -1.01. The maximum absolute atomic E-state index is 11.7. The molecule has 0 radical (unpaired) electrons. The van der Waals surface area contributed by atoms with E-state index in [9.17, 15) is 9.59 Å². The summed E-state index contributed by atoms with van der Waals surface area (Å²) in [5.74, 6) is -1.34. The summed E-state index contributed by atoms with van der Waals surface area (Å²) in [5, 5.41) is 11.4. The molecule has 7 heteroatoms. The molecular formula is C11H19NO6. The summed E-state index contributed by atoms with van der Waals surface area (Å²) >= 11 is 0. The van der Waals surface area contributed by atoms with Crippen molar-refractivity contribution in [2.24, 2.45) is 0 Å². The summed E-state index contributed by atoms with van der Waals surface area (Å²) in [6, 6.07) is 0. The molecule has 3 atom stereocenters. The molecule has 0 spiro atoms. The van der Waals surface area contributed by atoms with Crippen molar-refractivity contribution >= 4 is 11.9 Å². The van der Waals surface area contributed by atoms with Crippen LogP contribution in [0.1, 0.15) is 12.8 Å². The first-order valence-corrected chi connectivity index (χ1v) is 5.76. The monoisotopic (exact) mass is 261 g/mol. The van der Waals surface area contributed by atoms with E-state index in [1.807, 2.05) is 0 Å². The minimum absolute atomic E-state index is 0.226. The molecule has 0 aromatic heterocycles. The Morgan fingerprint density at radius 1 is 1.39 bits per heavy atom. The third-order valence-corrected chi connectivity index (χ3v) is 2.78. The van der Waals surface area contributed by atoms with Crippen LogP contribution in [0.3, 0.4) is 0 Å². The predicted octanol–water partition coefficient (Wildman–Crippen LogP) is -0.604. The van der Waals surface area contributed by atoms with Gasteiger partial charge in [0, 0.05) is 20.8 Å². The fraction of sp³-hybridized carbons (Fsp3) is 0.818. The highest BCUT2D eigenvalue weighted by Gasteiger charge is 2.34. The van der Waals surface area contributed by atoms with Crippen molar-refractivity contribution in [2.45, 2.75) is 31.2 Å². The van der Waals surface area contributed by atoms with Gasteiger partial charge < -0.3 is 24.6 Å². The molecule has 1 fully saturated rings. The van der Waals surface area contributed by atoms with Gasteiger partial charge in [-0.25, -0.2) is 4.79 Å². The minimum atomic E-state index is -1.03. The van der Waals surface area contributed by atoms with Crippen molar-refractivity contribution in [3.63, 3.8) is 0 Å². The van der Waals surface area contributed by atoms with Gasteiger partial charge in [-0.2, -0.15) is 0 Å². The van der Waals surface area contributed by atoms with E-state index in [1.165, 1.54) is 7.11 Å². The molecule has 18 heavy (non-hydrogen) atoms. The normalized spacial score (nSPS) is 24.8. The third-order valence-electron chi connectivity index (χ3n) is 2.78. The molecule has 1 rings (SSSR count). The molecule has 1 heterocycles. The Balaban J connectivity index is 2.31. The third kappa shape index (κ3) is 4.25. The zero-order valence-electron chi connectivity index (χ0n) is 10.5. The zero-order valence-corrected chi connectivity index (χ0v) is 10.5. The molecule has 1 unspecified atom stereocenters. The van der Waals surface area contributed by atoms with E-state index < -0.39 is 18.2 Å². The van der Waals surface area contributed by atoms with Crippen LogP contribution in [0.4, 0.5) is 0 Å². The van der Waals surface area contributed by atoms with Crippen LogP contribution in [-0.4, -0.2) is 62.7 Å². The quantitative estimate of drug-likeness (QED) is 0.635. The van der Waals surface area contributed by atoms with Crippen molar-refractivity contribution in [1.29, 1.82) is 0 Å².